The Hall–Kier alpha value is -2.35. The van der Waals surface area contributed by atoms with E-state index in [9.17, 15) is 4.79 Å². The summed E-state index contributed by atoms with van der Waals surface area (Å²) in [6.07, 6.45) is 2.80. The van der Waals surface area contributed by atoms with Crippen molar-refractivity contribution in [2.24, 2.45) is 0 Å². The van der Waals surface area contributed by atoms with E-state index < -0.39 is 0 Å². The molecule has 96 valence electrons. The number of rotatable bonds is 4. The van der Waals surface area contributed by atoms with Gasteiger partial charge in [0.2, 0.25) is 0 Å². The number of allylic oxidation sites excluding steroid dienone is 1. The summed E-state index contributed by atoms with van der Waals surface area (Å²) in [5.74, 6) is 0. The first-order valence-electron chi connectivity index (χ1n) is 6.20. The molecule has 0 aliphatic rings. The summed E-state index contributed by atoms with van der Waals surface area (Å²) in [6, 6.07) is 17.8. The van der Waals surface area contributed by atoms with E-state index in [-0.39, 0.29) is 0 Å². The van der Waals surface area contributed by atoms with E-state index in [1.165, 1.54) is 0 Å². The van der Waals surface area contributed by atoms with Crippen molar-refractivity contribution < 1.29 is 4.79 Å². The third-order valence-corrected chi connectivity index (χ3v) is 2.97. The van der Waals surface area contributed by atoms with Crippen molar-refractivity contribution in [3.8, 4) is 0 Å². The maximum atomic E-state index is 11.2. The Morgan fingerprint density at radius 1 is 0.947 bits per heavy atom. The van der Waals surface area contributed by atoms with Gasteiger partial charge in [0.25, 0.3) is 0 Å². The molecule has 2 nitrogen and oxygen atoms in total. The van der Waals surface area contributed by atoms with Crippen LogP contribution in [-0.4, -0.2) is 20.4 Å². The molecule has 0 aliphatic carbocycles. The topological polar surface area (TPSA) is 20.3 Å². The molecule has 2 aromatic carbocycles. The number of aldehydes is 1. The van der Waals surface area contributed by atoms with Crippen molar-refractivity contribution in [1.82, 2.24) is 0 Å². The summed E-state index contributed by atoms with van der Waals surface area (Å²) >= 11 is 0. The number of carbonyl (C=O) groups excluding carboxylic acids is 1. The highest BCUT2D eigenvalue weighted by Gasteiger charge is 2.00. The van der Waals surface area contributed by atoms with Gasteiger partial charge >= 0.3 is 0 Å². The normalized spacial score (nSPS) is 11.2. The van der Waals surface area contributed by atoms with Crippen molar-refractivity contribution in [1.29, 1.82) is 0 Å². The molecular weight excluding hydrogens is 234 g/mol. The molecular formula is C17H17NO. The molecule has 2 rings (SSSR count). The van der Waals surface area contributed by atoms with Crippen LogP contribution in [0.25, 0.3) is 11.6 Å². The lowest BCUT2D eigenvalue weighted by Gasteiger charge is -2.12. The molecule has 0 aliphatic heterocycles. The number of nitrogens with zero attached hydrogens (tertiary/aromatic N) is 1. The standard InChI is InChI=1S/C17H17NO/c1-18(2)17-10-8-14(9-11-17)12-16(13-19)15-6-4-3-5-7-15/h3-13H,1-2H3/b16-12-. The van der Waals surface area contributed by atoms with Gasteiger partial charge in [0, 0.05) is 25.4 Å². The van der Waals surface area contributed by atoms with Crippen LogP contribution >= 0.6 is 0 Å². The average molecular weight is 251 g/mol. The number of hydrogen-bond acceptors (Lipinski definition) is 2. The monoisotopic (exact) mass is 251 g/mol. The van der Waals surface area contributed by atoms with Crippen LogP contribution in [0.1, 0.15) is 11.1 Å². The summed E-state index contributed by atoms with van der Waals surface area (Å²) in [4.78, 5) is 13.3. The predicted octanol–water partition coefficient (Wildman–Crippen LogP) is 3.49. The Bertz CT molecular complexity index is 568. The predicted molar refractivity (Wildman–Crippen MR) is 81.1 cm³/mol. The molecule has 0 bridgehead atoms. The molecule has 0 heterocycles. The van der Waals surface area contributed by atoms with Crippen LogP contribution in [0.2, 0.25) is 0 Å². The number of hydrogen-bond donors (Lipinski definition) is 0. The zero-order valence-electron chi connectivity index (χ0n) is 11.2. The SMILES string of the molecule is CN(C)c1ccc(/C=C(/C=O)c2ccccc2)cc1. The molecule has 0 fully saturated rings. The minimum absolute atomic E-state index is 0.693. The van der Waals surface area contributed by atoms with Crippen LogP contribution in [0.4, 0.5) is 5.69 Å². The van der Waals surface area contributed by atoms with E-state index in [1.54, 1.807) is 0 Å². The number of carbonyl (C=O) groups is 1. The number of anilines is 1. The lowest BCUT2D eigenvalue weighted by Crippen LogP contribution is -2.07. The largest absolute Gasteiger partial charge is 0.378 e. The summed E-state index contributed by atoms with van der Waals surface area (Å²) in [5.41, 5.74) is 3.80. The molecule has 19 heavy (non-hydrogen) atoms. The minimum Gasteiger partial charge on any atom is -0.378 e. The first-order chi connectivity index (χ1) is 9.20. The highest BCUT2D eigenvalue weighted by atomic mass is 16.1. The van der Waals surface area contributed by atoms with Crippen molar-refractivity contribution in [3.63, 3.8) is 0 Å². The van der Waals surface area contributed by atoms with E-state index in [0.717, 1.165) is 23.1 Å². The van der Waals surface area contributed by atoms with E-state index in [4.69, 9.17) is 0 Å². The van der Waals surface area contributed by atoms with Gasteiger partial charge in [-0.2, -0.15) is 0 Å². The smallest absolute Gasteiger partial charge is 0.150 e. The Balaban J connectivity index is 2.30. The lowest BCUT2D eigenvalue weighted by molar-refractivity contribution is -0.103. The second-order valence-corrected chi connectivity index (χ2v) is 4.57. The molecule has 0 aromatic heterocycles. The summed E-state index contributed by atoms with van der Waals surface area (Å²) < 4.78 is 0. The maximum Gasteiger partial charge on any atom is 0.150 e. The summed E-state index contributed by atoms with van der Waals surface area (Å²) in [6.45, 7) is 0. The van der Waals surface area contributed by atoms with Crippen LogP contribution in [0.3, 0.4) is 0 Å². The zero-order chi connectivity index (χ0) is 13.7. The van der Waals surface area contributed by atoms with Crippen LogP contribution < -0.4 is 4.90 Å². The van der Waals surface area contributed by atoms with Gasteiger partial charge in [-0.1, -0.05) is 42.5 Å². The maximum absolute atomic E-state index is 11.2. The zero-order valence-corrected chi connectivity index (χ0v) is 11.2. The van der Waals surface area contributed by atoms with Gasteiger partial charge in [0.1, 0.15) is 0 Å². The second kappa shape index (κ2) is 6.01. The quantitative estimate of drug-likeness (QED) is 0.471. The molecule has 0 atom stereocenters. The van der Waals surface area contributed by atoms with Crippen LogP contribution in [0, 0.1) is 0 Å². The van der Waals surface area contributed by atoms with Gasteiger partial charge < -0.3 is 4.90 Å². The van der Waals surface area contributed by atoms with E-state index in [1.807, 2.05) is 79.7 Å². The second-order valence-electron chi connectivity index (χ2n) is 4.57. The molecule has 2 aromatic rings. The minimum atomic E-state index is 0.693. The highest BCUT2D eigenvalue weighted by Crippen LogP contribution is 2.18. The molecule has 0 N–H and O–H groups in total. The molecule has 2 heteroatoms. The molecule has 0 unspecified atom stereocenters. The van der Waals surface area contributed by atoms with E-state index >= 15 is 0 Å². The van der Waals surface area contributed by atoms with Gasteiger partial charge in [-0.15, -0.1) is 0 Å². The third kappa shape index (κ3) is 3.32. The van der Waals surface area contributed by atoms with Gasteiger partial charge in [0.15, 0.2) is 6.29 Å². The van der Waals surface area contributed by atoms with E-state index in [0.29, 0.717) is 5.57 Å². The first kappa shape index (κ1) is 13.1. The van der Waals surface area contributed by atoms with Gasteiger partial charge in [-0.05, 0) is 29.3 Å². The fourth-order valence-electron chi connectivity index (χ4n) is 1.86. The van der Waals surface area contributed by atoms with Gasteiger partial charge in [-0.3, -0.25) is 4.79 Å². The average Bonchev–Trinajstić information content (AvgIpc) is 2.46. The van der Waals surface area contributed by atoms with Crippen LogP contribution in [-0.2, 0) is 4.79 Å². The number of benzene rings is 2. The van der Waals surface area contributed by atoms with E-state index in [2.05, 4.69) is 0 Å². The first-order valence-corrected chi connectivity index (χ1v) is 6.20. The molecule has 0 amide bonds. The van der Waals surface area contributed by atoms with Crippen molar-refractivity contribution in [3.05, 3.63) is 65.7 Å². The summed E-state index contributed by atoms with van der Waals surface area (Å²) in [7, 11) is 4.01. The lowest BCUT2D eigenvalue weighted by atomic mass is 10.0. The van der Waals surface area contributed by atoms with Crippen molar-refractivity contribution in [2.75, 3.05) is 19.0 Å². The van der Waals surface area contributed by atoms with Crippen LogP contribution in [0.5, 0.6) is 0 Å². The Labute approximate surface area is 114 Å². The Morgan fingerprint density at radius 3 is 2.11 bits per heavy atom. The molecule has 0 radical (unpaired) electrons. The fourth-order valence-corrected chi connectivity index (χ4v) is 1.86. The Kier molecular flexibility index (Phi) is 4.14. The van der Waals surface area contributed by atoms with Crippen LogP contribution in [0.15, 0.2) is 54.6 Å². The van der Waals surface area contributed by atoms with Gasteiger partial charge in [-0.25, -0.2) is 0 Å². The molecule has 0 saturated carbocycles. The Morgan fingerprint density at radius 2 is 1.58 bits per heavy atom. The van der Waals surface area contributed by atoms with Crippen molar-refractivity contribution in [2.45, 2.75) is 0 Å². The molecule has 0 spiro atoms. The van der Waals surface area contributed by atoms with Gasteiger partial charge in [0.05, 0.1) is 0 Å². The molecule has 0 saturated heterocycles. The highest BCUT2D eigenvalue weighted by molar-refractivity contribution is 6.13. The summed E-state index contributed by atoms with van der Waals surface area (Å²) in [5, 5.41) is 0. The fraction of sp³-hybridized carbons (Fsp3) is 0.118. The van der Waals surface area contributed by atoms with Crippen molar-refractivity contribution >= 4 is 23.6 Å². The third-order valence-electron chi connectivity index (χ3n) is 2.97.